The molecule has 0 unspecified atom stereocenters. The van der Waals surface area contributed by atoms with E-state index < -0.39 is 0 Å². The molecule has 2 aromatic rings. The lowest BCUT2D eigenvalue weighted by Gasteiger charge is -2.32. The number of carbonyl (C=O) groups excluding carboxylic acids is 1. The summed E-state index contributed by atoms with van der Waals surface area (Å²) in [4.78, 5) is 30.5. The van der Waals surface area contributed by atoms with Crippen LogP contribution in [0.3, 0.4) is 0 Å². The van der Waals surface area contributed by atoms with Crippen molar-refractivity contribution in [3.05, 3.63) is 39.4 Å². The highest BCUT2D eigenvalue weighted by molar-refractivity contribution is 7.71. The van der Waals surface area contributed by atoms with Gasteiger partial charge >= 0.3 is 0 Å². The lowest BCUT2D eigenvalue weighted by atomic mass is 10.0. The fourth-order valence-electron chi connectivity index (χ4n) is 4.12. The second-order valence-electron chi connectivity index (χ2n) is 8.28. The Hall–Kier alpha value is -1.99. The standard InChI is InChI=1S/C23H34N4O2S/c1-2-3-14-26-16-12-18(13-17-26)24-21(28)11-5-4-8-15-27-22(29)19-9-6-7-10-20(19)25-23(27)30/h6-7,9-10,18H,2-5,8,11-17H2,1H3,(H,24,28)(H,25,30). The molecule has 0 aliphatic carbocycles. The molecule has 1 aliphatic rings. The minimum atomic E-state index is -0.0441. The lowest BCUT2D eigenvalue weighted by Crippen LogP contribution is -2.44. The van der Waals surface area contributed by atoms with Crippen molar-refractivity contribution < 1.29 is 4.79 Å². The third-order valence-electron chi connectivity index (χ3n) is 5.96. The van der Waals surface area contributed by atoms with Gasteiger partial charge in [-0.1, -0.05) is 31.9 Å². The summed E-state index contributed by atoms with van der Waals surface area (Å²) in [5, 5.41) is 3.86. The number of likely N-dealkylation sites (tertiary alicyclic amines) is 1. The van der Waals surface area contributed by atoms with Crippen LogP contribution in [0, 0.1) is 4.77 Å². The summed E-state index contributed by atoms with van der Waals surface area (Å²) >= 11 is 5.35. The number of aromatic amines is 1. The molecule has 0 spiro atoms. The first-order valence-corrected chi connectivity index (χ1v) is 11.7. The Morgan fingerprint density at radius 1 is 1.13 bits per heavy atom. The molecule has 0 bridgehead atoms. The molecule has 1 aromatic heterocycles. The molecule has 7 heteroatoms. The second-order valence-corrected chi connectivity index (χ2v) is 8.67. The maximum atomic E-state index is 12.6. The van der Waals surface area contributed by atoms with Crippen molar-refractivity contribution in [2.24, 2.45) is 0 Å². The predicted molar refractivity (Wildman–Crippen MR) is 124 cm³/mol. The van der Waals surface area contributed by atoms with Crippen molar-refractivity contribution in [1.82, 2.24) is 19.8 Å². The number of rotatable bonds is 10. The molecule has 1 amide bonds. The molecule has 0 radical (unpaired) electrons. The quantitative estimate of drug-likeness (QED) is 0.442. The van der Waals surface area contributed by atoms with E-state index in [4.69, 9.17) is 12.2 Å². The highest BCUT2D eigenvalue weighted by Crippen LogP contribution is 2.12. The number of fused-ring (bicyclic) bond motifs is 1. The smallest absolute Gasteiger partial charge is 0.262 e. The number of amides is 1. The van der Waals surface area contributed by atoms with E-state index in [9.17, 15) is 9.59 Å². The van der Waals surface area contributed by atoms with Crippen molar-refractivity contribution in [2.75, 3.05) is 19.6 Å². The number of nitrogens with zero attached hydrogens (tertiary/aromatic N) is 2. The van der Waals surface area contributed by atoms with Gasteiger partial charge in [0, 0.05) is 32.1 Å². The fraction of sp³-hybridized carbons (Fsp3) is 0.609. The number of benzene rings is 1. The Kier molecular flexibility index (Phi) is 8.63. The highest BCUT2D eigenvalue weighted by atomic mass is 32.1. The minimum Gasteiger partial charge on any atom is -0.353 e. The van der Waals surface area contributed by atoms with E-state index in [1.807, 2.05) is 24.3 Å². The van der Waals surface area contributed by atoms with Crippen LogP contribution in [0.15, 0.2) is 29.1 Å². The van der Waals surface area contributed by atoms with E-state index in [1.165, 1.54) is 19.4 Å². The van der Waals surface area contributed by atoms with Crippen LogP contribution in [-0.4, -0.2) is 46.0 Å². The van der Waals surface area contributed by atoms with Crippen LogP contribution in [0.25, 0.3) is 10.9 Å². The first-order valence-electron chi connectivity index (χ1n) is 11.3. The van der Waals surface area contributed by atoms with Crippen molar-refractivity contribution in [1.29, 1.82) is 0 Å². The van der Waals surface area contributed by atoms with Crippen LogP contribution in [-0.2, 0) is 11.3 Å². The molecule has 2 heterocycles. The van der Waals surface area contributed by atoms with Crippen molar-refractivity contribution >= 4 is 29.0 Å². The van der Waals surface area contributed by atoms with Crippen molar-refractivity contribution in [2.45, 2.75) is 70.9 Å². The number of hydrogen-bond donors (Lipinski definition) is 2. The third-order valence-corrected chi connectivity index (χ3v) is 6.28. The maximum Gasteiger partial charge on any atom is 0.262 e. The number of para-hydroxylation sites is 1. The van der Waals surface area contributed by atoms with Gasteiger partial charge in [0.2, 0.25) is 5.91 Å². The average Bonchev–Trinajstić information content (AvgIpc) is 2.75. The normalized spacial score (nSPS) is 15.5. The monoisotopic (exact) mass is 430 g/mol. The molecule has 1 saturated heterocycles. The number of piperidine rings is 1. The molecule has 1 aromatic carbocycles. The Morgan fingerprint density at radius 2 is 1.90 bits per heavy atom. The number of H-pyrrole nitrogens is 1. The van der Waals surface area contributed by atoms with E-state index in [1.54, 1.807) is 4.57 Å². The van der Waals surface area contributed by atoms with Gasteiger partial charge in [-0.3, -0.25) is 14.2 Å². The Bertz CT molecular complexity index is 944. The molecule has 3 rings (SSSR count). The third kappa shape index (κ3) is 6.25. The zero-order valence-electron chi connectivity index (χ0n) is 18.0. The Morgan fingerprint density at radius 3 is 2.67 bits per heavy atom. The summed E-state index contributed by atoms with van der Waals surface area (Å²) in [6.07, 6.45) is 7.72. The number of unbranched alkanes of at least 4 members (excludes halogenated alkanes) is 3. The lowest BCUT2D eigenvalue weighted by molar-refractivity contribution is -0.122. The van der Waals surface area contributed by atoms with E-state index in [2.05, 4.69) is 22.1 Å². The molecule has 1 aliphatic heterocycles. The molecular weight excluding hydrogens is 396 g/mol. The first kappa shape index (κ1) is 22.7. The van der Waals surface area contributed by atoms with Gasteiger partial charge in [-0.05, 0) is 63.0 Å². The van der Waals surface area contributed by atoms with Crippen LogP contribution in [0.5, 0.6) is 0 Å². The Labute approximate surface area is 183 Å². The zero-order valence-corrected chi connectivity index (χ0v) is 18.8. The van der Waals surface area contributed by atoms with Crippen LogP contribution < -0.4 is 10.9 Å². The largest absolute Gasteiger partial charge is 0.353 e. The van der Waals surface area contributed by atoms with Crippen LogP contribution in [0.1, 0.15) is 58.3 Å². The number of nitrogens with one attached hydrogen (secondary N) is 2. The van der Waals surface area contributed by atoms with Gasteiger partial charge in [0.15, 0.2) is 4.77 Å². The van der Waals surface area contributed by atoms with Gasteiger partial charge in [-0.2, -0.15) is 0 Å². The fourth-order valence-corrected chi connectivity index (χ4v) is 4.40. The van der Waals surface area contributed by atoms with Gasteiger partial charge in [0.25, 0.3) is 5.56 Å². The minimum absolute atomic E-state index is 0.0441. The van der Waals surface area contributed by atoms with E-state index in [-0.39, 0.29) is 11.5 Å². The predicted octanol–water partition coefficient (Wildman–Crippen LogP) is 4.00. The van der Waals surface area contributed by atoms with Gasteiger partial charge in [-0.25, -0.2) is 0 Å². The number of aromatic nitrogens is 2. The SMILES string of the molecule is CCCCN1CCC(NC(=O)CCCCCn2c(=S)[nH]c3ccccc3c2=O)CC1. The second kappa shape index (κ2) is 11.4. The Balaban J connectivity index is 1.36. The molecule has 0 saturated carbocycles. The molecule has 6 nitrogen and oxygen atoms in total. The maximum absolute atomic E-state index is 12.6. The summed E-state index contributed by atoms with van der Waals surface area (Å²) in [5.41, 5.74) is 0.731. The molecule has 0 atom stereocenters. The van der Waals surface area contributed by atoms with Crippen LogP contribution >= 0.6 is 12.2 Å². The highest BCUT2D eigenvalue weighted by Gasteiger charge is 2.19. The average molecular weight is 431 g/mol. The summed E-state index contributed by atoms with van der Waals surface area (Å²) in [6.45, 7) is 6.16. The van der Waals surface area contributed by atoms with E-state index >= 15 is 0 Å². The molecule has 164 valence electrons. The number of hydrogen-bond acceptors (Lipinski definition) is 4. The summed E-state index contributed by atoms with van der Waals surface area (Å²) in [5.74, 6) is 0.155. The van der Waals surface area contributed by atoms with Crippen molar-refractivity contribution in [3.63, 3.8) is 0 Å². The van der Waals surface area contributed by atoms with E-state index in [0.29, 0.717) is 29.2 Å². The molecule has 1 fully saturated rings. The van der Waals surface area contributed by atoms with Crippen LogP contribution in [0.2, 0.25) is 0 Å². The molecule has 2 N–H and O–H groups in total. The number of carbonyl (C=O) groups is 1. The topological polar surface area (TPSA) is 70.1 Å². The van der Waals surface area contributed by atoms with Gasteiger partial charge in [0.1, 0.15) is 0 Å². The summed E-state index contributed by atoms with van der Waals surface area (Å²) in [7, 11) is 0. The van der Waals surface area contributed by atoms with Crippen LogP contribution in [0.4, 0.5) is 0 Å². The first-order chi connectivity index (χ1) is 14.6. The molecular formula is C23H34N4O2S. The molecule has 30 heavy (non-hydrogen) atoms. The summed E-state index contributed by atoms with van der Waals surface area (Å²) < 4.78 is 2.09. The summed E-state index contributed by atoms with van der Waals surface area (Å²) in [6, 6.07) is 7.75. The van der Waals surface area contributed by atoms with Gasteiger partial charge < -0.3 is 15.2 Å². The van der Waals surface area contributed by atoms with E-state index in [0.717, 1.165) is 50.7 Å². The van der Waals surface area contributed by atoms with Crippen molar-refractivity contribution in [3.8, 4) is 0 Å². The van der Waals surface area contributed by atoms with Gasteiger partial charge in [-0.15, -0.1) is 0 Å². The van der Waals surface area contributed by atoms with Gasteiger partial charge in [0.05, 0.1) is 10.9 Å². The zero-order chi connectivity index (χ0) is 21.3.